The Balaban J connectivity index is 3.01. The van der Waals surface area contributed by atoms with Crippen molar-refractivity contribution in [3.8, 4) is 17.6 Å². The van der Waals surface area contributed by atoms with Gasteiger partial charge in [0, 0.05) is 46.7 Å². The fraction of sp³-hybridized carbons (Fsp3) is 0.615. The predicted molar refractivity (Wildman–Crippen MR) is 192 cm³/mol. The van der Waals surface area contributed by atoms with Crippen LogP contribution >= 0.6 is 0 Å². The van der Waals surface area contributed by atoms with Gasteiger partial charge in [-0.25, -0.2) is 4.79 Å². The summed E-state index contributed by atoms with van der Waals surface area (Å²) in [5, 5.41) is 24.1. The van der Waals surface area contributed by atoms with Crippen molar-refractivity contribution in [2.45, 2.75) is 122 Å². The van der Waals surface area contributed by atoms with E-state index < -0.39 is 54.3 Å². The molecule has 0 saturated heterocycles. The van der Waals surface area contributed by atoms with Crippen LogP contribution in [0.3, 0.4) is 0 Å². The predicted octanol–water partition coefficient (Wildman–Crippen LogP) is 5.42. The van der Waals surface area contributed by atoms with Crippen LogP contribution in [0.2, 0.25) is 0 Å². The maximum atomic E-state index is 13.8. The molecule has 0 radical (unpaired) electrons. The van der Waals surface area contributed by atoms with Gasteiger partial charge in [0.05, 0.1) is 12.5 Å². The first-order chi connectivity index (χ1) is 23.8. The number of ketones is 1. The lowest BCUT2D eigenvalue weighted by molar-refractivity contribution is -0.170. The summed E-state index contributed by atoms with van der Waals surface area (Å²) in [5.41, 5.74) is -1.91. The molecule has 278 valence electrons. The number of likely N-dealkylation sites (N-methyl/N-ethyl adjacent to an activating group) is 1. The smallest absolute Gasteiger partial charge is 0.336 e. The van der Waals surface area contributed by atoms with E-state index in [-0.39, 0.29) is 13.0 Å². The third-order valence-electron chi connectivity index (χ3n) is 8.33. The summed E-state index contributed by atoms with van der Waals surface area (Å²) in [4.78, 5) is 64.2. The van der Waals surface area contributed by atoms with Gasteiger partial charge in [0.1, 0.15) is 24.2 Å². The van der Waals surface area contributed by atoms with Crippen LogP contribution in [0.5, 0.6) is 5.75 Å². The number of esters is 1. The Labute approximate surface area is 298 Å². The first-order valence-electron chi connectivity index (χ1n) is 17.8. The third kappa shape index (κ3) is 17.5. The minimum atomic E-state index is -2.63. The highest BCUT2D eigenvalue weighted by molar-refractivity contribution is 5.93. The van der Waals surface area contributed by atoms with Gasteiger partial charge in [0.25, 0.3) is 0 Å². The quantitative estimate of drug-likeness (QED) is 0.0497. The number of allylic oxidation sites excluding steroid dienone is 1. The maximum Gasteiger partial charge on any atom is 0.336 e. The molecule has 2 amide bonds. The molecule has 0 aliphatic carbocycles. The monoisotopic (exact) mass is 698 g/mol. The highest BCUT2D eigenvalue weighted by atomic mass is 16.5. The molecule has 1 rings (SSSR count). The molecule has 11 nitrogen and oxygen atoms in total. The molecule has 0 spiro atoms. The second-order valence-electron chi connectivity index (χ2n) is 12.7. The average molecular weight is 699 g/mol. The highest BCUT2D eigenvalue weighted by Crippen LogP contribution is 2.26. The Bertz CT molecular complexity index is 1300. The number of unbranched alkanes of at least 4 members (excludes halogenated alkanes) is 8. The number of hydrogen-bond donors (Lipinski definition) is 3. The Morgan fingerprint density at radius 2 is 1.58 bits per heavy atom. The normalized spacial score (nSPS) is 13.3. The van der Waals surface area contributed by atoms with Gasteiger partial charge in [-0.3, -0.25) is 19.2 Å². The molecule has 3 N–H and O–H groups in total. The van der Waals surface area contributed by atoms with E-state index in [2.05, 4.69) is 24.1 Å². The van der Waals surface area contributed by atoms with Crippen molar-refractivity contribution in [3.05, 3.63) is 42.0 Å². The minimum Gasteiger partial charge on any atom is -0.481 e. The lowest BCUT2D eigenvalue weighted by atomic mass is 9.83. The van der Waals surface area contributed by atoms with E-state index in [1.54, 1.807) is 51.4 Å². The summed E-state index contributed by atoms with van der Waals surface area (Å²) >= 11 is 0. The Morgan fingerprint density at radius 3 is 2.14 bits per heavy atom. The number of carbonyl (C=O) groups excluding carboxylic acids is 4. The lowest BCUT2D eigenvalue weighted by Crippen LogP contribution is -2.56. The van der Waals surface area contributed by atoms with E-state index in [4.69, 9.17) is 9.47 Å². The van der Waals surface area contributed by atoms with Gasteiger partial charge in [-0.15, -0.1) is 5.92 Å². The van der Waals surface area contributed by atoms with Gasteiger partial charge in [0.2, 0.25) is 11.8 Å². The number of aliphatic carboxylic acids is 1. The van der Waals surface area contributed by atoms with Crippen molar-refractivity contribution < 1.29 is 43.7 Å². The van der Waals surface area contributed by atoms with Crippen molar-refractivity contribution in [2.75, 3.05) is 27.3 Å². The molecule has 3 atom stereocenters. The number of ether oxygens (including phenoxy) is 2. The molecule has 0 heterocycles. The molecule has 11 heteroatoms. The van der Waals surface area contributed by atoms with E-state index in [0.717, 1.165) is 45.4 Å². The van der Waals surface area contributed by atoms with E-state index in [1.165, 1.54) is 30.2 Å². The van der Waals surface area contributed by atoms with Crippen molar-refractivity contribution >= 4 is 29.5 Å². The summed E-state index contributed by atoms with van der Waals surface area (Å²) < 4.78 is 10.4. The zero-order chi connectivity index (χ0) is 37.4. The number of nitrogens with zero attached hydrogens (tertiary/aromatic N) is 1. The fourth-order valence-electron chi connectivity index (χ4n) is 5.35. The number of benzene rings is 1. The molecule has 0 aromatic heterocycles. The highest BCUT2D eigenvalue weighted by Gasteiger charge is 2.47. The van der Waals surface area contributed by atoms with Crippen LogP contribution in [0.15, 0.2) is 36.4 Å². The molecule has 0 unspecified atom stereocenters. The van der Waals surface area contributed by atoms with Crippen LogP contribution in [0.1, 0.15) is 110 Å². The molecule has 0 fully saturated rings. The number of rotatable bonds is 26. The number of Topliss-reactive ketones (excluding diaryl/α,β-unsaturated/α-hetero) is 1. The number of nitrogens with one attached hydrogen (secondary N) is 1. The molecule has 0 aliphatic heterocycles. The first kappa shape index (κ1) is 43.9. The van der Waals surface area contributed by atoms with Crippen LogP contribution in [-0.2, 0) is 35.1 Å². The maximum absolute atomic E-state index is 13.8. The summed E-state index contributed by atoms with van der Waals surface area (Å²) in [6.07, 6.45) is 13.1. The van der Waals surface area contributed by atoms with E-state index in [0.29, 0.717) is 36.4 Å². The minimum absolute atomic E-state index is 0.0918. The van der Waals surface area contributed by atoms with Crippen molar-refractivity contribution in [1.29, 1.82) is 0 Å². The number of carbonyl (C=O) groups is 5. The van der Waals surface area contributed by atoms with Crippen LogP contribution in [0.4, 0.5) is 0 Å². The zero-order valence-electron chi connectivity index (χ0n) is 30.6. The van der Waals surface area contributed by atoms with Gasteiger partial charge >= 0.3 is 11.9 Å². The molecular formula is C39H58N2O9. The fourth-order valence-corrected chi connectivity index (χ4v) is 5.35. The van der Waals surface area contributed by atoms with Crippen LogP contribution < -0.4 is 10.1 Å². The number of carboxylic acids is 1. The zero-order valence-corrected chi connectivity index (χ0v) is 30.6. The van der Waals surface area contributed by atoms with Gasteiger partial charge in [0.15, 0.2) is 5.60 Å². The molecule has 0 bridgehead atoms. The lowest BCUT2D eigenvalue weighted by Gasteiger charge is -2.31. The molecule has 1 aromatic carbocycles. The van der Waals surface area contributed by atoms with Crippen LogP contribution in [0.25, 0.3) is 0 Å². The van der Waals surface area contributed by atoms with Gasteiger partial charge in [-0.2, -0.15) is 0 Å². The molecule has 1 aromatic rings. The second kappa shape index (κ2) is 24.9. The largest absolute Gasteiger partial charge is 0.481 e. The third-order valence-corrected chi connectivity index (χ3v) is 8.33. The van der Waals surface area contributed by atoms with Crippen molar-refractivity contribution in [3.63, 3.8) is 0 Å². The first-order valence-corrected chi connectivity index (χ1v) is 17.8. The summed E-state index contributed by atoms with van der Waals surface area (Å²) in [7, 11) is 3.09. The summed E-state index contributed by atoms with van der Waals surface area (Å²) in [5.74, 6) is 1.24. The average Bonchev–Trinajstić information content (AvgIpc) is 3.07. The number of amides is 2. The Kier molecular flexibility index (Phi) is 21.8. The number of carboxylic acid groups (broad SMARTS) is 1. The van der Waals surface area contributed by atoms with Crippen LogP contribution in [0, 0.1) is 17.8 Å². The summed E-state index contributed by atoms with van der Waals surface area (Å²) in [6, 6.07) is 5.89. The second-order valence-corrected chi connectivity index (χ2v) is 12.7. The molecule has 0 saturated carbocycles. The van der Waals surface area contributed by atoms with Crippen molar-refractivity contribution in [1.82, 2.24) is 10.2 Å². The van der Waals surface area contributed by atoms with Gasteiger partial charge in [-0.05, 0) is 50.3 Å². The number of hydrogen-bond acceptors (Lipinski definition) is 8. The summed E-state index contributed by atoms with van der Waals surface area (Å²) in [6.45, 7) is 4.84. The Hall–Kier alpha value is -4.17. The van der Waals surface area contributed by atoms with E-state index >= 15 is 0 Å². The van der Waals surface area contributed by atoms with Crippen molar-refractivity contribution in [2.24, 2.45) is 5.92 Å². The van der Waals surface area contributed by atoms with Gasteiger partial charge in [-0.1, -0.05) is 75.7 Å². The molecular weight excluding hydrogens is 640 g/mol. The van der Waals surface area contributed by atoms with Crippen LogP contribution in [-0.4, -0.2) is 83.6 Å². The SMILES string of the molecule is CC#CCOc1ccc(C[C@H](NC(=O)[C@@H](C=CCCCCCCC(=O)CCCCCCC)[C@@](O)(CCOC(C)=O)C(=O)O)C(=O)N(C)C)cc1. The molecule has 0 aliphatic rings. The molecule has 50 heavy (non-hydrogen) atoms. The standard InChI is InChI=1S/C39H58N2O9/c1-6-8-10-13-16-19-32(43)20-17-14-11-12-15-18-21-34(39(48,38(46)47)26-28-49-30(3)42)36(44)40-35(37(45)41(4)5)29-31-22-24-33(25-23-31)50-27-9-7-2/h18,21-25,34-35,48H,6,8,10-17,19-20,26-29H2,1-5H3,(H,40,44)(H,46,47)/t34-,35+,39+/m1/s1. The van der Waals surface area contributed by atoms with E-state index in [9.17, 15) is 34.2 Å². The topological polar surface area (TPSA) is 160 Å². The Morgan fingerprint density at radius 1 is 0.960 bits per heavy atom. The number of aliphatic hydroxyl groups is 1. The van der Waals surface area contributed by atoms with Gasteiger partial charge < -0.3 is 29.9 Å². The van der Waals surface area contributed by atoms with E-state index in [1.807, 2.05) is 0 Å².